The molecule has 11 rings (SSSR count). The number of H-pyrrole nitrogens is 1. The number of amides is 1. The van der Waals surface area contributed by atoms with Crippen molar-refractivity contribution in [2.24, 2.45) is 10.3 Å². The van der Waals surface area contributed by atoms with Gasteiger partial charge >= 0.3 is 11.4 Å². The fourth-order valence-electron chi connectivity index (χ4n) is 11.1. The quantitative estimate of drug-likeness (QED) is 0.150. The molecule has 1 N–H and O–H groups in total. The van der Waals surface area contributed by atoms with Crippen LogP contribution in [0.1, 0.15) is 116 Å². The van der Waals surface area contributed by atoms with E-state index in [0.717, 1.165) is 47.7 Å². The standard InChI is InChI=1S/C50H53ClFN9O6S/c1-27-20-34(21-28(2)43(27)51)61-44(59-18-17-58(48(59)64)40-13-11-36(24-37(40)52)68(65,53-7)35-9-10-35)42-30(4)57(16-14-38(42)55-61)45(62)41-23-33-22-31(32-15-19-66-49(5,6)26-32)8-12-39(33)60(41)50(25-29(50)3)46-54-47(63)67-56-46/h8,11-13,17-18,20-24,29-30,32,35H,9-10,14-16,19,25-26H2,1-7H3,(H,54,56,63)/t29-,30-,32-,50-,68?/m0/s1. The van der Waals surface area contributed by atoms with Gasteiger partial charge in [-0.25, -0.2) is 27.2 Å². The van der Waals surface area contributed by atoms with Gasteiger partial charge in [0.2, 0.25) is 0 Å². The number of aromatic amines is 1. The first-order valence-corrected chi connectivity index (χ1v) is 25.2. The van der Waals surface area contributed by atoms with Gasteiger partial charge in [-0.3, -0.25) is 23.4 Å². The topological polar surface area (TPSA) is 168 Å². The van der Waals surface area contributed by atoms with E-state index in [4.69, 9.17) is 26.0 Å². The normalized spacial score (nSPS) is 23.1. The molecule has 5 atom stereocenters. The van der Waals surface area contributed by atoms with Gasteiger partial charge < -0.3 is 14.2 Å². The molecule has 1 amide bonds. The van der Waals surface area contributed by atoms with E-state index in [2.05, 4.69) is 53.5 Å². The third-order valence-electron chi connectivity index (χ3n) is 14.9. The third kappa shape index (κ3) is 6.89. The van der Waals surface area contributed by atoms with E-state index in [1.54, 1.807) is 16.9 Å². The molecule has 1 saturated heterocycles. The summed E-state index contributed by atoms with van der Waals surface area (Å²) in [6, 6.07) is 15.8. The average molecular weight is 963 g/mol. The van der Waals surface area contributed by atoms with Crippen LogP contribution in [-0.4, -0.2) is 79.7 Å². The van der Waals surface area contributed by atoms with E-state index in [1.807, 2.05) is 48.4 Å². The first-order valence-electron chi connectivity index (χ1n) is 23.2. The predicted octanol–water partition coefficient (Wildman–Crippen LogP) is 8.69. The number of halogens is 2. The van der Waals surface area contributed by atoms with E-state index < -0.39 is 38.6 Å². The first kappa shape index (κ1) is 44.5. The van der Waals surface area contributed by atoms with Crippen molar-refractivity contribution < 1.29 is 22.7 Å². The molecule has 0 spiro atoms. The molecule has 7 aromatic rings. The zero-order valence-corrected chi connectivity index (χ0v) is 40.6. The van der Waals surface area contributed by atoms with Gasteiger partial charge in [-0.05, 0) is 144 Å². The van der Waals surface area contributed by atoms with Crippen molar-refractivity contribution in [3.05, 3.63) is 138 Å². The molecule has 2 aliphatic heterocycles. The van der Waals surface area contributed by atoms with Crippen LogP contribution in [-0.2, 0) is 26.4 Å². The monoisotopic (exact) mass is 961 g/mol. The number of hydrogen-bond acceptors (Lipinski definition) is 9. The minimum Gasteiger partial charge on any atom is -0.376 e. The lowest BCUT2D eigenvalue weighted by Gasteiger charge is -2.35. The fourth-order valence-corrected chi connectivity index (χ4v) is 13.4. The van der Waals surface area contributed by atoms with Gasteiger partial charge in [0.25, 0.3) is 5.91 Å². The van der Waals surface area contributed by atoms with Gasteiger partial charge in [0.1, 0.15) is 22.9 Å². The summed E-state index contributed by atoms with van der Waals surface area (Å²) in [4.78, 5) is 47.8. The summed E-state index contributed by atoms with van der Waals surface area (Å²) in [6.45, 7) is 13.0. The zero-order valence-electron chi connectivity index (χ0n) is 39.0. The highest BCUT2D eigenvalue weighted by Gasteiger charge is 2.59. The Kier molecular flexibility index (Phi) is 10.3. The molecule has 0 bridgehead atoms. The maximum atomic E-state index is 16.2. The molecule has 4 aromatic heterocycles. The van der Waals surface area contributed by atoms with Crippen LogP contribution in [0.25, 0.3) is 28.1 Å². The van der Waals surface area contributed by atoms with Gasteiger partial charge in [-0.15, -0.1) is 0 Å². The molecule has 6 heterocycles. The van der Waals surface area contributed by atoms with Crippen molar-refractivity contribution in [3.8, 4) is 17.2 Å². The van der Waals surface area contributed by atoms with Gasteiger partial charge in [-0.1, -0.05) is 29.7 Å². The van der Waals surface area contributed by atoms with E-state index in [-0.39, 0.29) is 34.3 Å². The highest BCUT2D eigenvalue weighted by molar-refractivity contribution is 7.94. The van der Waals surface area contributed by atoms with Gasteiger partial charge in [-0.2, -0.15) is 5.10 Å². The number of imidazole rings is 1. The number of carbonyl (C=O) groups is 1. The second-order valence-electron chi connectivity index (χ2n) is 19.8. The minimum absolute atomic E-state index is 0.00349. The zero-order chi connectivity index (χ0) is 47.8. The molecule has 0 radical (unpaired) electrons. The Bertz CT molecular complexity index is 3470. The summed E-state index contributed by atoms with van der Waals surface area (Å²) in [5.74, 6) is -0.602. The molecule has 1 unspecified atom stereocenters. The number of benzene rings is 3. The Morgan fingerprint density at radius 3 is 2.37 bits per heavy atom. The maximum absolute atomic E-state index is 16.2. The molecular formula is C50H53ClFN9O6S. The molecular weight excluding hydrogens is 909 g/mol. The lowest BCUT2D eigenvalue weighted by molar-refractivity contribution is -0.0592. The number of nitrogens with zero attached hydrogens (tertiary/aromatic N) is 8. The van der Waals surface area contributed by atoms with Crippen LogP contribution in [0.15, 0.2) is 90.4 Å². The van der Waals surface area contributed by atoms with Crippen LogP contribution < -0.4 is 11.4 Å². The average Bonchev–Trinajstić information content (AvgIpc) is 4.04. The first-order chi connectivity index (χ1) is 32.4. The van der Waals surface area contributed by atoms with Crippen LogP contribution in [0.5, 0.6) is 0 Å². The predicted molar refractivity (Wildman–Crippen MR) is 256 cm³/mol. The van der Waals surface area contributed by atoms with Crippen molar-refractivity contribution in [3.63, 3.8) is 0 Å². The Hall–Kier alpha value is -6.04. The van der Waals surface area contributed by atoms with Crippen molar-refractivity contribution in [1.82, 2.24) is 38.5 Å². The molecule has 4 aliphatic rings. The van der Waals surface area contributed by atoms with Crippen molar-refractivity contribution >= 4 is 38.1 Å². The second kappa shape index (κ2) is 15.8. The van der Waals surface area contributed by atoms with E-state index in [1.165, 1.54) is 40.1 Å². The molecule has 15 nitrogen and oxygen atoms in total. The van der Waals surface area contributed by atoms with Crippen LogP contribution in [0, 0.1) is 25.6 Å². The highest BCUT2D eigenvalue weighted by atomic mass is 35.5. The maximum Gasteiger partial charge on any atom is 0.438 e. The Morgan fingerprint density at radius 2 is 1.72 bits per heavy atom. The number of fused-ring (bicyclic) bond motifs is 2. The van der Waals surface area contributed by atoms with E-state index in [0.29, 0.717) is 70.2 Å². The van der Waals surface area contributed by atoms with Crippen LogP contribution >= 0.6 is 11.6 Å². The van der Waals surface area contributed by atoms with Crippen molar-refractivity contribution in [2.45, 2.75) is 113 Å². The molecule has 2 saturated carbocycles. The van der Waals surface area contributed by atoms with E-state index >= 15 is 9.18 Å². The number of nitrogens with one attached hydrogen (secondary N) is 1. The second-order valence-corrected chi connectivity index (χ2v) is 22.8. The molecule has 18 heteroatoms. The number of hydrogen-bond donors (Lipinski definition) is 1. The number of rotatable bonds is 9. The van der Waals surface area contributed by atoms with Crippen LogP contribution in [0.2, 0.25) is 5.02 Å². The molecule has 354 valence electrons. The lowest BCUT2D eigenvalue weighted by Crippen LogP contribution is -2.41. The van der Waals surface area contributed by atoms with Crippen LogP contribution in [0.4, 0.5) is 4.39 Å². The summed E-state index contributed by atoms with van der Waals surface area (Å²) in [7, 11) is -1.30. The molecule has 2 aliphatic carbocycles. The Labute approximate surface area is 397 Å². The largest absolute Gasteiger partial charge is 0.438 e. The van der Waals surface area contributed by atoms with Gasteiger partial charge in [0, 0.05) is 65.8 Å². The number of aromatic nitrogens is 7. The highest BCUT2D eigenvalue weighted by Crippen LogP contribution is 2.56. The molecule has 3 fully saturated rings. The summed E-state index contributed by atoms with van der Waals surface area (Å²) in [5, 5.41) is 10.7. The number of aryl methyl sites for hydroxylation is 2. The number of ether oxygens (including phenoxy) is 1. The van der Waals surface area contributed by atoms with Crippen molar-refractivity contribution in [2.75, 3.05) is 20.2 Å². The Morgan fingerprint density at radius 1 is 0.985 bits per heavy atom. The SMILES string of the molecule is CN=S(=O)(c1ccc(-n2ccn(-c3c4c(nn3-c3cc(C)c(Cl)c(C)c3)CCN(C(=O)c3cc5cc([C@H]6CCOC(C)(C)C6)ccc5n3[C@@]3(c5noc(=O)[nH]5)C[C@@H]3C)[C@H]4C)c2=O)c(F)c1)C1CC1. The molecule has 3 aromatic carbocycles. The lowest BCUT2D eigenvalue weighted by atomic mass is 9.83. The summed E-state index contributed by atoms with van der Waals surface area (Å²) in [5.41, 5.74) is 4.36. The summed E-state index contributed by atoms with van der Waals surface area (Å²) in [6.07, 6.45) is 7.33. The Balaban J connectivity index is 1.04. The summed E-state index contributed by atoms with van der Waals surface area (Å²) < 4.78 is 51.6. The third-order valence-corrected chi connectivity index (χ3v) is 18.3. The van der Waals surface area contributed by atoms with Gasteiger partial charge in [0.05, 0.1) is 43.3 Å². The molecule has 68 heavy (non-hydrogen) atoms. The van der Waals surface area contributed by atoms with Crippen LogP contribution in [0.3, 0.4) is 0 Å². The van der Waals surface area contributed by atoms with Crippen molar-refractivity contribution in [1.29, 1.82) is 0 Å². The number of carbonyl (C=O) groups excluding carboxylic acids is 1. The van der Waals surface area contributed by atoms with E-state index in [9.17, 15) is 13.8 Å². The smallest absolute Gasteiger partial charge is 0.376 e. The summed E-state index contributed by atoms with van der Waals surface area (Å²) >= 11 is 6.67. The fraction of sp³-hybridized carbons (Fsp3) is 0.420. The minimum atomic E-state index is -2.80. The van der Waals surface area contributed by atoms with Gasteiger partial charge in [0.15, 0.2) is 5.82 Å².